The molecule has 1 unspecified atom stereocenters. The Morgan fingerprint density at radius 1 is 1.38 bits per heavy atom. The van der Waals surface area contributed by atoms with Gasteiger partial charge in [0.2, 0.25) is 0 Å². The minimum atomic E-state index is -0.0375. The zero-order valence-electron chi connectivity index (χ0n) is 12.2. The van der Waals surface area contributed by atoms with Gasteiger partial charge in [0, 0.05) is 19.1 Å². The van der Waals surface area contributed by atoms with E-state index in [0.29, 0.717) is 18.3 Å². The minimum Gasteiger partial charge on any atom is -0.336 e. The number of carbonyl (C=O) groups excluding carboxylic acids is 1. The summed E-state index contributed by atoms with van der Waals surface area (Å²) in [6.45, 7) is 4.48. The van der Waals surface area contributed by atoms with Gasteiger partial charge in [0.1, 0.15) is 5.69 Å². The third-order valence-electron chi connectivity index (χ3n) is 3.94. The number of carbonyl (C=O) groups is 1. The summed E-state index contributed by atoms with van der Waals surface area (Å²) in [6.07, 6.45) is 3.90. The summed E-state index contributed by atoms with van der Waals surface area (Å²) >= 11 is 0. The second kappa shape index (κ2) is 6.18. The lowest BCUT2D eigenvalue weighted by molar-refractivity contribution is 0.0745. The van der Waals surface area contributed by atoms with Crippen molar-refractivity contribution in [2.45, 2.75) is 25.8 Å². The molecule has 1 fully saturated rings. The summed E-state index contributed by atoms with van der Waals surface area (Å²) < 4.78 is 0. The van der Waals surface area contributed by atoms with Gasteiger partial charge < -0.3 is 10.2 Å². The molecule has 5 nitrogen and oxygen atoms in total. The van der Waals surface area contributed by atoms with Gasteiger partial charge in [-0.1, -0.05) is 12.1 Å². The van der Waals surface area contributed by atoms with Crippen LogP contribution in [-0.4, -0.2) is 46.5 Å². The monoisotopic (exact) mass is 284 g/mol. The summed E-state index contributed by atoms with van der Waals surface area (Å²) in [5, 5.41) is 3.43. The van der Waals surface area contributed by atoms with Crippen LogP contribution in [0.25, 0.3) is 11.0 Å². The Bertz CT molecular complexity index is 637. The third-order valence-corrected chi connectivity index (χ3v) is 3.94. The fourth-order valence-electron chi connectivity index (χ4n) is 2.76. The zero-order valence-corrected chi connectivity index (χ0v) is 12.2. The molecule has 5 heteroatoms. The van der Waals surface area contributed by atoms with Crippen LogP contribution >= 0.6 is 0 Å². The maximum atomic E-state index is 12.6. The van der Waals surface area contributed by atoms with Crippen molar-refractivity contribution in [3.05, 3.63) is 36.2 Å². The first-order valence-electron chi connectivity index (χ1n) is 7.52. The van der Waals surface area contributed by atoms with Crippen molar-refractivity contribution < 1.29 is 4.79 Å². The topological polar surface area (TPSA) is 58.1 Å². The first-order chi connectivity index (χ1) is 10.3. The number of rotatable bonds is 4. The number of nitrogens with one attached hydrogen (secondary N) is 1. The molecule has 1 aromatic heterocycles. The standard InChI is InChI=1S/C16H20N4O/c1-2-20(11-12-6-5-9-17-12)16(21)15-10-18-13-7-3-4-8-14(13)19-15/h3-4,7-8,10,12,17H,2,5-6,9,11H2,1H3. The molecule has 3 rings (SSSR count). The lowest BCUT2D eigenvalue weighted by Crippen LogP contribution is -2.41. The molecule has 110 valence electrons. The van der Waals surface area contributed by atoms with E-state index in [1.807, 2.05) is 36.1 Å². The smallest absolute Gasteiger partial charge is 0.274 e. The van der Waals surface area contributed by atoms with Crippen LogP contribution in [0, 0.1) is 0 Å². The van der Waals surface area contributed by atoms with E-state index in [2.05, 4.69) is 15.3 Å². The Morgan fingerprint density at radius 3 is 2.90 bits per heavy atom. The van der Waals surface area contributed by atoms with Gasteiger partial charge >= 0.3 is 0 Å². The first-order valence-corrected chi connectivity index (χ1v) is 7.52. The molecule has 1 atom stereocenters. The summed E-state index contributed by atoms with van der Waals surface area (Å²) in [5.74, 6) is -0.0375. The Morgan fingerprint density at radius 2 is 2.19 bits per heavy atom. The molecule has 1 aliphatic rings. The maximum Gasteiger partial charge on any atom is 0.274 e. The predicted molar refractivity (Wildman–Crippen MR) is 82.1 cm³/mol. The number of para-hydroxylation sites is 2. The van der Waals surface area contributed by atoms with E-state index < -0.39 is 0 Å². The molecule has 2 heterocycles. The van der Waals surface area contributed by atoms with Crippen molar-refractivity contribution in [3.63, 3.8) is 0 Å². The maximum absolute atomic E-state index is 12.6. The van der Waals surface area contributed by atoms with Gasteiger partial charge in [-0.15, -0.1) is 0 Å². The van der Waals surface area contributed by atoms with Gasteiger partial charge in [-0.3, -0.25) is 9.78 Å². The lowest BCUT2D eigenvalue weighted by Gasteiger charge is -2.24. The number of hydrogen-bond acceptors (Lipinski definition) is 4. The van der Waals surface area contributed by atoms with Gasteiger partial charge in [-0.25, -0.2) is 4.98 Å². The fourth-order valence-corrected chi connectivity index (χ4v) is 2.76. The second-order valence-electron chi connectivity index (χ2n) is 5.38. The quantitative estimate of drug-likeness (QED) is 0.931. The fraction of sp³-hybridized carbons (Fsp3) is 0.438. The van der Waals surface area contributed by atoms with Crippen LogP contribution in [0.5, 0.6) is 0 Å². The third kappa shape index (κ3) is 3.03. The largest absolute Gasteiger partial charge is 0.336 e. The van der Waals surface area contributed by atoms with Crippen LogP contribution in [0.4, 0.5) is 0 Å². The summed E-state index contributed by atoms with van der Waals surface area (Å²) in [7, 11) is 0. The van der Waals surface area contributed by atoms with Crippen molar-refractivity contribution in [2.24, 2.45) is 0 Å². The number of amides is 1. The summed E-state index contributed by atoms with van der Waals surface area (Å²) in [4.78, 5) is 23.2. The van der Waals surface area contributed by atoms with Crippen LogP contribution in [0.1, 0.15) is 30.3 Å². The van der Waals surface area contributed by atoms with Crippen molar-refractivity contribution in [3.8, 4) is 0 Å². The normalized spacial score (nSPS) is 18.0. The van der Waals surface area contributed by atoms with E-state index in [1.54, 1.807) is 6.20 Å². The molecule has 2 aromatic rings. The van der Waals surface area contributed by atoms with Gasteiger partial charge in [-0.2, -0.15) is 0 Å². The van der Waals surface area contributed by atoms with Crippen molar-refractivity contribution in [1.82, 2.24) is 20.2 Å². The minimum absolute atomic E-state index is 0.0375. The number of hydrogen-bond donors (Lipinski definition) is 1. The van der Waals surface area contributed by atoms with Crippen molar-refractivity contribution in [2.75, 3.05) is 19.6 Å². The summed E-state index contributed by atoms with van der Waals surface area (Å²) in [6, 6.07) is 8.01. The molecule has 21 heavy (non-hydrogen) atoms. The molecule has 0 bridgehead atoms. The molecule has 0 saturated carbocycles. The highest BCUT2D eigenvalue weighted by atomic mass is 16.2. The van der Waals surface area contributed by atoms with Crippen molar-refractivity contribution >= 4 is 16.9 Å². The molecule has 1 N–H and O–H groups in total. The average Bonchev–Trinajstić information content (AvgIpc) is 3.04. The molecular weight excluding hydrogens is 264 g/mol. The summed E-state index contributed by atoms with van der Waals surface area (Å²) in [5.41, 5.74) is 2.00. The van der Waals surface area contributed by atoms with Crippen LogP contribution in [0.2, 0.25) is 0 Å². The number of likely N-dealkylation sites (N-methyl/N-ethyl adjacent to an activating group) is 1. The molecule has 1 amide bonds. The highest BCUT2D eigenvalue weighted by Gasteiger charge is 2.22. The van der Waals surface area contributed by atoms with Gasteiger partial charge in [-0.05, 0) is 38.4 Å². The Kier molecular flexibility index (Phi) is 4.10. The number of benzene rings is 1. The lowest BCUT2D eigenvalue weighted by atomic mass is 10.2. The van der Waals surface area contributed by atoms with E-state index in [-0.39, 0.29) is 5.91 Å². The Balaban J connectivity index is 1.80. The molecule has 0 spiro atoms. The van der Waals surface area contributed by atoms with E-state index in [4.69, 9.17) is 0 Å². The Hall–Kier alpha value is -2.01. The molecule has 0 radical (unpaired) electrons. The number of aromatic nitrogens is 2. The molecule has 1 aliphatic heterocycles. The molecule has 0 aliphatic carbocycles. The van der Waals surface area contributed by atoms with Crippen molar-refractivity contribution in [1.29, 1.82) is 0 Å². The second-order valence-corrected chi connectivity index (χ2v) is 5.38. The van der Waals surface area contributed by atoms with Gasteiger partial charge in [0.15, 0.2) is 0 Å². The zero-order chi connectivity index (χ0) is 14.7. The SMILES string of the molecule is CCN(CC1CCCN1)C(=O)c1cnc2ccccc2n1. The molecule has 1 saturated heterocycles. The number of fused-ring (bicyclic) bond motifs is 1. The molecular formula is C16H20N4O. The van der Waals surface area contributed by atoms with Crippen LogP contribution in [-0.2, 0) is 0 Å². The van der Waals surface area contributed by atoms with Gasteiger partial charge in [0.05, 0.1) is 17.2 Å². The van der Waals surface area contributed by atoms with E-state index >= 15 is 0 Å². The van der Waals surface area contributed by atoms with E-state index in [0.717, 1.165) is 30.5 Å². The highest BCUT2D eigenvalue weighted by molar-refractivity contribution is 5.93. The average molecular weight is 284 g/mol. The predicted octanol–water partition coefficient (Wildman–Crippen LogP) is 1.84. The van der Waals surface area contributed by atoms with Gasteiger partial charge in [0.25, 0.3) is 5.91 Å². The van der Waals surface area contributed by atoms with Crippen LogP contribution in [0.15, 0.2) is 30.5 Å². The van der Waals surface area contributed by atoms with Crippen LogP contribution < -0.4 is 5.32 Å². The first kappa shape index (κ1) is 13.9. The van der Waals surface area contributed by atoms with E-state index in [9.17, 15) is 4.79 Å². The number of nitrogens with zero attached hydrogens (tertiary/aromatic N) is 3. The Labute approximate surface area is 124 Å². The van der Waals surface area contributed by atoms with Crippen LogP contribution in [0.3, 0.4) is 0 Å². The van der Waals surface area contributed by atoms with E-state index in [1.165, 1.54) is 6.42 Å². The highest BCUT2D eigenvalue weighted by Crippen LogP contribution is 2.12. The molecule has 1 aromatic carbocycles.